The van der Waals surface area contributed by atoms with Crippen molar-refractivity contribution in [3.63, 3.8) is 0 Å². The van der Waals surface area contributed by atoms with Crippen molar-refractivity contribution in [2.24, 2.45) is 28.1 Å². The zero-order valence-electron chi connectivity index (χ0n) is 20.4. The fourth-order valence-corrected chi connectivity index (χ4v) is 3.33. The second kappa shape index (κ2) is 15.6. The van der Waals surface area contributed by atoms with Crippen LogP contribution in [-0.2, 0) is 25.6 Å². The maximum atomic E-state index is 13.2. The summed E-state index contributed by atoms with van der Waals surface area (Å²) in [7, 11) is 0. The van der Waals surface area contributed by atoms with E-state index in [0.717, 1.165) is 0 Å². The summed E-state index contributed by atoms with van der Waals surface area (Å²) in [5.74, 6) is -3.52. The van der Waals surface area contributed by atoms with Crippen molar-refractivity contribution in [3.8, 4) is 0 Å². The van der Waals surface area contributed by atoms with E-state index in [0.29, 0.717) is 18.5 Å². The summed E-state index contributed by atoms with van der Waals surface area (Å²) in [5, 5.41) is 17.2. The van der Waals surface area contributed by atoms with E-state index < -0.39 is 47.9 Å². The first-order chi connectivity index (χ1) is 17.0. The maximum Gasteiger partial charge on any atom is 0.326 e. The topological polar surface area (TPSA) is 244 Å². The van der Waals surface area contributed by atoms with E-state index >= 15 is 0 Å². The number of carbonyl (C=O) groups is 4. The number of rotatable bonds is 16. The SMILES string of the molecule is CCC(C)C(NC(=O)C(Cc1cnc[nH]1)NC(=O)C(CCCN=C(N)N)NC(=O)C(N)CS)C(=O)O. The number of nitrogens with zero attached hydrogens (tertiary/aromatic N) is 2. The van der Waals surface area contributed by atoms with Crippen molar-refractivity contribution in [3.05, 3.63) is 18.2 Å². The molecule has 0 aliphatic rings. The number of carboxylic acid groups (broad SMARTS) is 1. The highest BCUT2D eigenvalue weighted by Crippen LogP contribution is 2.10. The number of carbonyl (C=O) groups excluding carboxylic acids is 3. The molecular weight excluding hydrogens is 490 g/mol. The van der Waals surface area contributed by atoms with Crippen molar-refractivity contribution in [2.45, 2.75) is 63.7 Å². The number of hydrogen-bond acceptors (Lipinski definition) is 8. The average molecular weight is 528 g/mol. The minimum absolute atomic E-state index is 0.00917. The number of thiol groups is 1. The van der Waals surface area contributed by atoms with Crippen LogP contribution in [0.2, 0.25) is 0 Å². The Morgan fingerprint density at radius 1 is 1.14 bits per heavy atom. The molecule has 14 nitrogen and oxygen atoms in total. The molecule has 5 atom stereocenters. The molecule has 202 valence electrons. The summed E-state index contributed by atoms with van der Waals surface area (Å²) in [4.78, 5) is 60.9. The van der Waals surface area contributed by atoms with Crippen LogP contribution in [0, 0.1) is 5.92 Å². The molecule has 0 aliphatic heterocycles. The summed E-state index contributed by atoms with van der Waals surface area (Å²) >= 11 is 4.00. The van der Waals surface area contributed by atoms with Crippen molar-refractivity contribution in [1.29, 1.82) is 0 Å². The third-order valence-corrected chi connectivity index (χ3v) is 5.89. The van der Waals surface area contributed by atoms with E-state index in [2.05, 4.69) is 43.5 Å². The minimum atomic E-state index is -1.19. The smallest absolute Gasteiger partial charge is 0.326 e. The number of H-pyrrole nitrogens is 1. The molecule has 0 radical (unpaired) electrons. The van der Waals surface area contributed by atoms with E-state index in [1.165, 1.54) is 12.5 Å². The van der Waals surface area contributed by atoms with E-state index in [9.17, 15) is 24.3 Å². The molecule has 15 heteroatoms. The van der Waals surface area contributed by atoms with Gasteiger partial charge < -0.3 is 43.2 Å². The number of amides is 3. The highest BCUT2D eigenvalue weighted by Gasteiger charge is 2.32. The van der Waals surface area contributed by atoms with E-state index in [1.54, 1.807) is 6.92 Å². The fourth-order valence-electron chi connectivity index (χ4n) is 3.17. The van der Waals surface area contributed by atoms with Gasteiger partial charge in [-0.2, -0.15) is 12.6 Å². The van der Waals surface area contributed by atoms with Crippen LogP contribution in [0.25, 0.3) is 0 Å². The van der Waals surface area contributed by atoms with Crippen LogP contribution in [0.4, 0.5) is 0 Å². The van der Waals surface area contributed by atoms with Gasteiger partial charge >= 0.3 is 5.97 Å². The number of aliphatic imine (C=N–C) groups is 1. The third-order valence-electron chi connectivity index (χ3n) is 5.50. The van der Waals surface area contributed by atoms with Gasteiger partial charge in [0.1, 0.15) is 18.1 Å². The molecule has 0 aliphatic carbocycles. The number of aromatic nitrogens is 2. The lowest BCUT2D eigenvalue weighted by Gasteiger charge is -2.26. The Bertz CT molecular complexity index is 892. The van der Waals surface area contributed by atoms with Gasteiger partial charge in [-0.25, -0.2) is 9.78 Å². The summed E-state index contributed by atoms with van der Waals surface area (Å²) in [5.41, 5.74) is 16.9. The molecule has 3 amide bonds. The van der Waals surface area contributed by atoms with E-state index in [-0.39, 0.29) is 37.0 Å². The highest BCUT2D eigenvalue weighted by molar-refractivity contribution is 7.80. The molecule has 1 rings (SSSR count). The Morgan fingerprint density at radius 2 is 1.78 bits per heavy atom. The number of aliphatic carboxylic acids is 1. The number of nitrogens with two attached hydrogens (primary N) is 3. The van der Waals surface area contributed by atoms with Gasteiger partial charge in [0.2, 0.25) is 17.7 Å². The number of carboxylic acids is 1. The number of imidazole rings is 1. The number of guanidine groups is 1. The van der Waals surface area contributed by atoms with Crippen LogP contribution in [-0.4, -0.2) is 81.2 Å². The van der Waals surface area contributed by atoms with Gasteiger partial charge in [-0.05, 0) is 18.8 Å². The molecule has 0 saturated heterocycles. The molecule has 1 heterocycles. The largest absolute Gasteiger partial charge is 0.480 e. The summed E-state index contributed by atoms with van der Waals surface area (Å²) in [6, 6.07) is -4.30. The van der Waals surface area contributed by atoms with Gasteiger partial charge in [0.15, 0.2) is 5.96 Å². The predicted molar refractivity (Wildman–Crippen MR) is 137 cm³/mol. The minimum Gasteiger partial charge on any atom is -0.480 e. The molecule has 11 N–H and O–H groups in total. The van der Waals surface area contributed by atoms with Gasteiger partial charge in [0, 0.05) is 30.6 Å². The standard InChI is InChI=1S/C21H37N9O5S/c1-3-11(2)16(20(34)35)30-19(33)15(7-12-8-25-10-27-12)29-18(32)14(5-4-6-26-21(23)24)28-17(31)13(22)9-36/h8,10-11,13-16,36H,3-7,9,22H2,1-2H3,(H,25,27)(H,28,31)(H,29,32)(H,30,33)(H,34,35)(H4,23,24,26). The summed E-state index contributed by atoms with van der Waals surface area (Å²) < 4.78 is 0. The van der Waals surface area contributed by atoms with Crippen LogP contribution >= 0.6 is 12.6 Å². The molecule has 0 bridgehead atoms. The molecule has 5 unspecified atom stereocenters. The Kier molecular flexibility index (Phi) is 13.3. The number of nitrogens with one attached hydrogen (secondary N) is 4. The van der Waals surface area contributed by atoms with Gasteiger partial charge in [-0.1, -0.05) is 20.3 Å². The first-order valence-electron chi connectivity index (χ1n) is 11.5. The Balaban J connectivity index is 3.09. The lowest BCUT2D eigenvalue weighted by Crippen LogP contribution is -2.58. The van der Waals surface area contributed by atoms with Crippen molar-refractivity contribution < 1.29 is 24.3 Å². The van der Waals surface area contributed by atoms with Gasteiger partial charge in [0.05, 0.1) is 12.4 Å². The molecule has 1 aromatic rings. The molecule has 0 fully saturated rings. The van der Waals surface area contributed by atoms with Crippen LogP contribution in [0.3, 0.4) is 0 Å². The molecule has 1 aromatic heterocycles. The summed E-state index contributed by atoms with van der Waals surface area (Å²) in [6.07, 6.45) is 3.92. The lowest BCUT2D eigenvalue weighted by atomic mass is 9.98. The second-order valence-corrected chi connectivity index (χ2v) is 8.72. The monoisotopic (exact) mass is 527 g/mol. The zero-order chi connectivity index (χ0) is 27.3. The second-order valence-electron chi connectivity index (χ2n) is 8.35. The predicted octanol–water partition coefficient (Wildman–Crippen LogP) is -2.15. The van der Waals surface area contributed by atoms with Crippen LogP contribution in [0.1, 0.15) is 38.8 Å². The van der Waals surface area contributed by atoms with Crippen LogP contribution in [0.15, 0.2) is 17.5 Å². The van der Waals surface area contributed by atoms with Gasteiger partial charge in [0.25, 0.3) is 0 Å². The lowest BCUT2D eigenvalue weighted by molar-refractivity contribution is -0.143. The molecular formula is C21H37N9O5S. The fraction of sp³-hybridized carbons (Fsp3) is 0.619. The average Bonchev–Trinajstić information content (AvgIpc) is 3.35. The number of aromatic amines is 1. The van der Waals surface area contributed by atoms with Crippen molar-refractivity contribution >= 4 is 42.3 Å². The highest BCUT2D eigenvalue weighted by atomic mass is 32.1. The normalized spacial score (nSPS) is 15.0. The van der Waals surface area contributed by atoms with Gasteiger partial charge in [-0.3, -0.25) is 19.4 Å². The van der Waals surface area contributed by atoms with Crippen LogP contribution in [0.5, 0.6) is 0 Å². The maximum absolute atomic E-state index is 13.2. The molecule has 0 aromatic carbocycles. The molecule has 0 saturated carbocycles. The Labute approximate surface area is 215 Å². The Morgan fingerprint density at radius 3 is 2.31 bits per heavy atom. The van der Waals surface area contributed by atoms with Gasteiger partial charge in [-0.15, -0.1) is 0 Å². The van der Waals surface area contributed by atoms with Crippen LogP contribution < -0.4 is 33.2 Å². The van der Waals surface area contributed by atoms with Crippen molar-refractivity contribution in [1.82, 2.24) is 25.9 Å². The molecule has 36 heavy (non-hydrogen) atoms. The number of hydrogen-bond donors (Lipinski definition) is 9. The quantitative estimate of drug-likeness (QED) is 0.0491. The molecule has 0 spiro atoms. The zero-order valence-corrected chi connectivity index (χ0v) is 21.3. The third kappa shape index (κ3) is 10.5. The first kappa shape index (κ1) is 30.7. The summed E-state index contributed by atoms with van der Waals surface area (Å²) in [6.45, 7) is 3.73. The first-order valence-corrected chi connectivity index (χ1v) is 12.2. The van der Waals surface area contributed by atoms with E-state index in [4.69, 9.17) is 17.2 Å². The van der Waals surface area contributed by atoms with Crippen molar-refractivity contribution in [2.75, 3.05) is 12.3 Å². The Hall–Kier alpha value is -3.33. The van der Waals surface area contributed by atoms with E-state index in [1.807, 2.05) is 6.92 Å².